The number of rotatable bonds is 4. The van der Waals surface area contributed by atoms with Crippen LogP contribution in [-0.4, -0.2) is 16.0 Å². The topological polar surface area (TPSA) is 89.0 Å². The molecule has 0 bridgehead atoms. The fraction of sp³-hybridized carbons (Fsp3) is 0.231. The number of nitro groups is 1. The van der Waals surface area contributed by atoms with E-state index in [2.05, 4.69) is 4.98 Å². The van der Waals surface area contributed by atoms with Crippen LogP contribution in [0.15, 0.2) is 30.5 Å². The van der Waals surface area contributed by atoms with Crippen LogP contribution in [0.2, 0.25) is 0 Å². The molecular formula is C13H11N3O3. The Balaban J connectivity index is 2.56. The number of ether oxygens (including phenoxy) is 1. The van der Waals surface area contributed by atoms with Crippen molar-refractivity contribution in [3.63, 3.8) is 0 Å². The minimum atomic E-state index is -0.579. The van der Waals surface area contributed by atoms with Gasteiger partial charge in [0.1, 0.15) is 11.8 Å². The molecule has 6 nitrogen and oxygen atoms in total. The molecule has 0 aliphatic carbocycles. The summed E-state index contributed by atoms with van der Waals surface area (Å²) in [6, 6.07) is 8.23. The van der Waals surface area contributed by atoms with Crippen molar-refractivity contribution in [2.24, 2.45) is 0 Å². The second kappa shape index (κ2) is 5.31. The average molecular weight is 257 g/mol. The maximum Gasteiger partial charge on any atom is 0.295 e. The van der Waals surface area contributed by atoms with Gasteiger partial charge >= 0.3 is 0 Å². The lowest BCUT2D eigenvalue weighted by molar-refractivity contribution is -0.383. The van der Waals surface area contributed by atoms with Crippen LogP contribution in [0.1, 0.15) is 13.3 Å². The molecule has 2 rings (SSSR count). The first-order valence-corrected chi connectivity index (χ1v) is 5.75. The number of aromatic nitrogens is 1. The number of fused-ring (bicyclic) bond motifs is 1. The Bertz CT molecular complexity index is 664. The summed E-state index contributed by atoms with van der Waals surface area (Å²) in [5, 5.41) is 20.4. The van der Waals surface area contributed by atoms with Crippen molar-refractivity contribution in [2.75, 3.05) is 0 Å². The Morgan fingerprint density at radius 1 is 1.53 bits per heavy atom. The Kier molecular flexibility index (Phi) is 3.57. The standard InChI is InChI=1S/C13H11N3O3/c1-2-9(8-14)19-12-6-5-11(16(17)18)13-10(12)4-3-7-15-13/h3-7,9H,2H2,1H3. The molecule has 0 fully saturated rings. The number of nitriles is 1. The monoisotopic (exact) mass is 257 g/mol. The third-order valence-electron chi connectivity index (χ3n) is 2.69. The summed E-state index contributed by atoms with van der Waals surface area (Å²) in [7, 11) is 0. The van der Waals surface area contributed by atoms with E-state index >= 15 is 0 Å². The minimum absolute atomic E-state index is 0.0760. The Hall–Kier alpha value is -2.68. The molecule has 0 saturated heterocycles. The zero-order chi connectivity index (χ0) is 13.8. The maximum atomic E-state index is 10.9. The van der Waals surface area contributed by atoms with Gasteiger partial charge in [0.05, 0.1) is 4.92 Å². The molecule has 0 aliphatic rings. The molecule has 19 heavy (non-hydrogen) atoms. The molecule has 0 N–H and O–H groups in total. The Morgan fingerprint density at radius 2 is 2.32 bits per heavy atom. The zero-order valence-corrected chi connectivity index (χ0v) is 10.2. The second-order valence-electron chi connectivity index (χ2n) is 3.88. The molecular weight excluding hydrogens is 246 g/mol. The molecule has 0 radical (unpaired) electrons. The van der Waals surface area contributed by atoms with E-state index in [1.807, 2.05) is 13.0 Å². The third-order valence-corrected chi connectivity index (χ3v) is 2.69. The molecule has 1 heterocycles. The zero-order valence-electron chi connectivity index (χ0n) is 10.2. The van der Waals surface area contributed by atoms with Crippen LogP contribution in [0.5, 0.6) is 5.75 Å². The van der Waals surface area contributed by atoms with Gasteiger partial charge in [-0.15, -0.1) is 0 Å². The largest absolute Gasteiger partial charge is 0.475 e. The van der Waals surface area contributed by atoms with Crippen molar-refractivity contribution in [2.45, 2.75) is 19.4 Å². The van der Waals surface area contributed by atoms with Gasteiger partial charge in [-0.25, -0.2) is 4.98 Å². The molecule has 0 spiro atoms. The van der Waals surface area contributed by atoms with Gasteiger partial charge < -0.3 is 4.74 Å². The van der Waals surface area contributed by atoms with E-state index in [-0.39, 0.29) is 11.2 Å². The summed E-state index contributed by atoms with van der Waals surface area (Å²) in [4.78, 5) is 14.5. The van der Waals surface area contributed by atoms with Gasteiger partial charge in [-0.2, -0.15) is 5.26 Å². The predicted molar refractivity (Wildman–Crippen MR) is 68.7 cm³/mol. The van der Waals surface area contributed by atoms with E-state index < -0.39 is 11.0 Å². The normalized spacial score (nSPS) is 11.8. The summed E-state index contributed by atoms with van der Waals surface area (Å²) in [6.07, 6.45) is 1.44. The Labute approximate surface area is 109 Å². The number of benzene rings is 1. The third kappa shape index (κ3) is 2.45. The summed E-state index contributed by atoms with van der Waals surface area (Å²) in [6.45, 7) is 1.83. The first kappa shape index (κ1) is 12.8. The van der Waals surface area contributed by atoms with Gasteiger partial charge in [0.2, 0.25) is 0 Å². The molecule has 0 amide bonds. The first-order valence-electron chi connectivity index (χ1n) is 5.75. The first-order chi connectivity index (χ1) is 9.17. The number of nitrogens with zero attached hydrogens (tertiary/aromatic N) is 3. The highest BCUT2D eigenvalue weighted by atomic mass is 16.6. The van der Waals surface area contributed by atoms with Crippen molar-refractivity contribution in [3.8, 4) is 11.8 Å². The molecule has 1 atom stereocenters. The van der Waals surface area contributed by atoms with E-state index in [9.17, 15) is 10.1 Å². The van der Waals surface area contributed by atoms with Crippen LogP contribution in [0.3, 0.4) is 0 Å². The molecule has 1 aromatic heterocycles. The summed E-state index contributed by atoms with van der Waals surface area (Å²) in [5.41, 5.74) is 0.186. The van der Waals surface area contributed by atoms with Crippen molar-refractivity contribution >= 4 is 16.6 Å². The van der Waals surface area contributed by atoms with Crippen molar-refractivity contribution < 1.29 is 9.66 Å². The van der Waals surface area contributed by atoms with Gasteiger partial charge in [-0.05, 0) is 24.6 Å². The number of non-ortho nitro benzene ring substituents is 1. The van der Waals surface area contributed by atoms with Crippen molar-refractivity contribution in [1.29, 1.82) is 5.26 Å². The van der Waals surface area contributed by atoms with Crippen LogP contribution < -0.4 is 4.74 Å². The summed E-state index contributed by atoms with van der Waals surface area (Å²) in [5.74, 6) is 0.433. The van der Waals surface area contributed by atoms with E-state index in [4.69, 9.17) is 10.00 Å². The fourth-order valence-electron chi connectivity index (χ4n) is 1.74. The number of hydrogen-bond donors (Lipinski definition) is 0. The second-order valence-corrected chi connectivity index (χ2v) is 3.88. The average Bonchev–Trinajstić information content (AvgIpc) is 2.44. The van der Waals surface area contributed by atoms with Crippen LogP contribution in [0.4, 0.5) is 5.69 Å². The highest BCUT2D eigenvalue weighted by Crippen LogP contribution is 2.31. The van der Waals surface area contributed by atoms with Gasteiger partial charge in [-0.1, -0.05) is 6.92 Å². The summed E-state index contributed by atoms with van der Waals surface area (Å²) >= 11 is 0. The van der Waals surface area contributed by atoms with E-state index in [0.717, 1.165) is 0 Å². The van der Waals surface area contributed by atoms with Crippen LogP contribution >= 0.6 is 0 Å². The van der Waals surface area contributed by atoms with Crippen molar-refractivity contribution in [3.05, 3.63) is 40.6 Å². The van der Waals surface area contributed by atoms with Crippen LogP contribution in [0.25, 0.3) is 10.9 Å². The highest BCUT2D eigenvalue weighted by molar-refractivity contribution is 5.92. The van der Waals surface area contributed by atoms with Crippen LogP contribution in [-0.2, 0) is 0 Å². The lowest BCUT2D eigenvalue weighted by Gasteiger charge is -2.12. The van der Waals surface area contributed by atoms with Crippen molar-refractivity contribution in [1.82, 2.24) is 4.98 Å². The molecule has 1 aromatic carbocycles. The SMILES string of the molecule is CCC(C#N)Oc1ccc([N+](=O)[O-])c2ncccc12. The van der Waals surface area contributed by atoms with Crippen LogP contribution in [0, 0.1) is 21.4 Å². The molecule has 96 valence electrons. The lowest BCUT2D eigenvalue weighted by Crippen LogP contribution is -2.12. The van der Waals surface area contributed by atoms with E-state index in [0.29, 0.717) is 17.6 Å². The fourth-order valence-corrected chi connectivity index (χ4v) is 1.74. The molecule has 6 heteroatoms. The summed E-state index contributed by atoms with van der Waals surface area (Å²) < 4.78 is 5.54. The molecule has 1 unspecified atom stereocenters. The molecule has 0 saturated carbocycles. The van der Waals surface area contributed by atoms with Gasteiger partial charge in [0.25, 0.3) is 5.69 Å². The predicted octanol–water partition coefficient (Wildman–Crippen LogP) is 2.82. The number of nitro benzene ring substituents is 1. The molecule has 2 aromatic rings. The molecule has 0 aliphatic heterocycles. The lowest BCUT2D eigenvalue weighted by atomic mass is 10.1. The quantitative estimate of drug-likeness (QED) is 0.620. The van der Waals surface area contributed by atoms with E-state index in [1.54, 1.807) is 12.1 Å². The highest BCUT2D eigenvalue weighted by Gasteiger charge is 2.17. The van der Waals surface area contributed by atoms with Gasteiger partial charge in [0.15, 0.2) is 11.6 Å². The smallest absolute Gasteiger partial charge is 0.295 e. The number of pyridine rings is 1. The van der Waals surface area contributed by atoms with Gasteiger partial charge in [0, 0.05) is 17.6 Å². The Morgan fingerprint density at radius 3 is 2.95 bits per heavy atom. The van der Waals surface area contributed by atoms with E-state index in [1.165, 1.54) is 18.3 Å². The maximum absolute atomic E-state index is 10.9. The van der Waals surface area contributed by atoms with Gasteiger partial charge in [-0.3, -0.25) is 10.1 Å². The minimum Gasteiger partial charge on any atom is -0.475 e. The number of hydrogen-bond acceptors (Lipinski definition) is 5.